The maximum Gasteiger partial charge on any atom is 0.143 e. The van der Waals surface area contributed by atoms with Crippen LogP contribution in [0, 0.1) is 0 Å². The largest absolute Gasteiger partial charge is 0.455 e. The number of thiophene rings is 1. The number of furan rings is 1. The van der Waals surface area contributed by atoms with Gasteiger partial charge in [0.1, 0.15) is 11.2 Å². The molecule has 0 amide bonds. The van der Waals surface area contributed by atoms with Gasteiger partial charge in [-0.15, -0.1) is 11.3 Å². The Hall–Kier alpha value is -6.22. The van der Waals surface area contributed by atoms with Gasteiger partial charge in [0.05, 0.1) is 0 Å². The van der Waals surface area contributed by atoms with E-state index in [2.05, 4.69) is 170 Å². The lowest BCUT2D eigenvalue weighted by atomic mass is 9.84. The van der Waals surface area contributed by atoms with Gasteiger partial charge in [-0.3, -0.25) is 0 Å². The molecule has 11 aromatic rings. The number of benzene rings is 9. The van der Waals surface area contributed by atoms with Crippen LogP contribution < -0.4 is 0 Å². The van der Waals surface area contributed by atoms with Crippen LogP contribution in [0.1, 0.15) is 0 Å². The molecule has 0 aliphatic carbocycles. The molecular weight excluding hydrogens is 625 g/mol. The molecule has 0 aliphatic heterocycles. The molecule has 0 N–H and O–H groups in total. The molecule has 2 heterocycles. The van der Waals surface area contributed by atoms with Gasteiger partial charge in [0.2, 0.25) is 0 Å². The lowest BCUT2D eigenvalue weighted by molar-refractivity contribution is 0.673. The summed E-state index contributed by atoms with van der Waals surface area (Å²) in [5.74, 6) is 0. The summed E-state index contributed by atoms with van der Waals surface area (Å²) in [6.07, 6.45) is 0. The number of rotatable bonds is 3. The summed E-state index contributed by atoms with van der Waals surface area (Å²) in [5.41, 5.74) is 9.28. The molecule has 0 bridgehead atoms. The van der Waals surface area contributed by atoms with Gasteiger partial charge in [0, 0.05) is 36.3 Å². The number of fused-ring (bicyclic) bond motifs is 11. The van der Waals surface area contributed by atoms with Crippen molar-refractivity contribution in [2.75, 3.05) is 0 Å². The van der Waals surface area contributed by atoms with E-state index in [0.717, 1.165) is 16.6 Å². The molecule has 0 spiro atoms. The van der Waals surface area contributed by atoms with Crippen LogP contribution in [0.15, 0.2) is 174 Å². The average Bonchev–Trinajstić information content (AvgIpc) is 3.76. The first-order chi connectivity index (χ1) is 24.8. The third-order valence-corrected chi connectivity index (χ3v) is 11.6. The van der Waals surface area contributed by atoms with Gasteiger partial charge in [0.25, 0.3) is 0 Å². The third kappa shape index (κ3) is 3.94. The van der Waals surface area contributed by atoms with E-state index in [1.54, 1.807) is 0 Å². The Kier molecular flexibility index (Phi) is 5.89. The maximum atomic E-state index is 6.90. The highest BCUT2D eigenvalue weighted by Crippen LogP contribution is 2.51. The normalized spacial score (nSPS) is 12.0. The minimum Gasteiger partial charge on any atom is -0.455 e. The van der Waals surface area contributed by atoms with E-state index in [-0.39, 0.29) is 0 Å². The summed E-state index contributed by atoms with van der Waals surface area (Å²) in [6.45, 7) is 0. The quantitative estimate of drug-likeness (QED) is 0.173. The Balaban J connectivity index is 1.27. The molecule has 232 valence electrons. The predicted molar refractivity (Wildman–Crippen MR) is 215 cm³/mol. The third-order valence-electron chi connectivity index (χ3n) is 10.5. The number of hydrogen-bond acceptors (Lipinski definition) is 2. The molecule has 2 heteroatoms. The number of hydrogen-bond donors (Lipinski definition) is 0. The van der Waals surface area contributed by atoms with Crippen molar-refractivity contribution >= 4 is 85.8 Å². The van der Waals surface area contributed by atoms with Gasteiger partial charge in [-0.05, 0) is 78.5 Å². The van der Waals surface area contributed by atoms with Gasteiger partial charge in [-0.2, -0.15) is 0 Å². The first-order valence-corrected chi connectivity index (χ1v) is 17.9. The SMILES string of the molecule is c1ccc(-c2ccc(-c3c4ccccc4c(-c4cc5oc6c7ccccc7ccc6c5c5sc6ccccc6c45)c4ccccc34)cc2)cc1. The van der Waals surface area contributed by atoms with Gasteiger partial charge >= 0.3 is 0 Å². The van der Waals surface area contributed by atoms with Crippen molar-refractivity contribution in [2.24, 2.45) is 0 Å². The minimum absolute atomic E-state index is 0.930. The van der Waals surface area contributed by atoms with Crippen LogP contribution >= 0.6 is 11.3 Å². The molecule has 50 heavy (non-hydrogen) atoms. The van der Waals surface area contributed by atoms with Crippen molar-refractivity contribution in [1.82, 2.24) is 0 Å². The molecular formula is C48H28OS. The lowest BCUT2D eigenvalue weighted by Gasteiger charge is -2.18. The zero-order valence-electron chi connectivity index (χ0n) is 27.0. The van der Waals surface area contributed by atoms with Crippen LogP contribution in [-0.4, -0.2) is 0 Å². The second kappa shape index (κ2) is 10.6. The van der Waals surface area contributed by atoms with Crippen molar-refractivity contribution in [3.8, 4) is 33.4 Å². The monoisotopic (exact) mass is 652 g/mol. The molecule has 0 fully saturated rings. The van der Waals surface area contributed by atoms with Crippen molar-refractivity contribution in [2.45, 2.75) is 0 Å². The summed E-state index contributed by atoms with van der Waals surface area (Å²) >= 11 is 1.88. The maximum absolute atomic E-state index is 6.90. The second-order valence-electron chi connectivity index (χ2n) is 13.1. The standard InChI is InChI=1S/C48H28OS/c1-2-12-29(13-3-1)30-22-24-32(25-23-30)43-34-16-6-8-18-36(34)44(37-19-9-7-17-35(37)43)40-28-41-46(48-45(40)38-20-10-11-21-42(38)50-48)39-27-26-31-14-4-5-15-33(31)47(39)49-41/h1-28H. The fraction of sp³-hybridized carbons (Fsp3) is 0. The van der Waals surface area contributed by atoms with E-state index in [4.69, 9.17) is 4.42 Å². The Labute approximate surface area is 292 Å². The summed E-state index contributed by atoms with van der Waals surface area (Å²) in [6, 6.07) is 61.8. The molecule has 0 radical (unpaired) electrons. The fourth-order valence-electron chi connectivity index (χ4n) is 8.26. The Bertz CT molecular complexity index is 3070. The zero-order valence-corrected chi connectivity index (χ0v) is 27.8. The van der Waals surface area contributed by atoms with Crippen molar-refractivity contribution in [3.05, 3.63) is 170 Å². The van der Waals surface area contributed by atoms with Crippen LogP contribution in [-0.2, 0) is 0 Å². The van der Waals surface area contributed by atoms with Gasteiger partial charge < -0.3 is 4.42 Å². The molecule has 0 saturated heterocycles. The minimum atomic E-state index is 0.930. The molecule has 0 saturated carbocycles. The summed E-state index contributed by atoms with van der Waals surface area (Å²) < 4.78 is 9.47. The van der Waals surface area contributed by atoms with Gasteiger partial charge in [0.15, 0.2) is 0 Å². The smallest absolute Gasteiger partial charge is 0.143 e. The summed E-state index contributed by atoms with van der Waals surface area (Å²) in [4.78, 5) is 0. The highest BCUT2D eigenvalue weighted by Gasteiger charge is 2.24. The fourth-order valence-corrected chi connectivity index (χ4v) is 9.54. The van der Waals surface area contributed by atoms with Crippen LogP contribution in [0.5, 0.6) is 0 Å². The van der Waals surface area contributed by atoms with Crippen molar-refractivity contribution < 1.29 is 4.42 Å². The Morgan fingerprint density at radius 3 is 1.66 bits per heavy atom. The highest BCUT2D eigenvalue weighted by atomic mass is 32.1. The van der Waals surface area contributed by atoms with Gasteiger partial charge in [-0.1, -0.05) is 152 Å². The molecule has 1 nitrogen and oxygen atoms in total. The Morgan fingerprint density at radius 2 is 0.940 bits per heavy atom. The van der Waals surface area contributed by atoms with Crippen molar-refractivity contribution in [1.29, 1.82) is 0 Å². The highest BCUT2D eigenvalue weighted by molar-refractivity contribution is 7.27. The van der Waals surface area contributed by atoms with E-state index in [1.165, 1.54) is 91.3 Å². The first-order valence-electron chi connectivity index (χ1n) is 17.1. The van der Waals surface area contributed by atoms with E-state index in [0.29, 0.717) is 0 Å². The van der Waals surface area contributed by atoms with Crippen LogP contribution in [0.25, 0.3) is 108 Å². The first kappa shape index (κ1) is 27.7. The predicted octanol–water partition coefficient (Wildman–Crippen LogP) is 14.4. The van der Waals surface area contributed by atoms with E-state index in [1.807, 2.05) is 11.3 Å². The van der Waals surface area contributed by atoms with Gasteiger partial charge in [-0.25, -0.2) is 0 Å². The molecule has 0 aliphatic rings. The summed E-state index contributed by atoms with van der Waals surface area (Å²) in [5, 5.41) is 12.3. The molecule has 11 rings (SSSR count). The van der Waals surface area contributed by atoms with E-state index >= 15 is 0 Å². The van der Waals surface area contributed by atoms with Crippen LogP contribution in [0.2, 0.25) is 0 Å². The lowest BCUT2D eigenvalue weighted by Crippen LogP contribution is -1.91. The van der Waals surface area contributed by atoms with Crippen molar-refractivity contribution in [3.63, 3.8) is 0 Å². The average molecular weight is 653 g/mol. The zero-order chi connectivity index (χ0) is 32.8. The van der Waals surface area contributed by atoms with Crippen LogP contribution in [0.3, 0.4) is 0 Å². The molecule has 9 aromatic carbocycles. The van der Waals surface area contributed by atoms with E-state index < -0.39 is 0 Å². The second-order valence-corrected chi connectivity index (χ2v) is 14.2. The molecule has 0 atom stereocenters. The molecule has 2 aromatic heterocycles. The Morgan fingerprint density at radius 1 is 0.380 bits per heavy atom. The topological polar surface area (TPSA) is 13.1 Å². The summed E-state index contributed by atoms with van der Waals surface area (Å²) in [7, 11) is 0. The van der Waals surface area contributed by atoms with E-state index in [9.17, 15) is 0 Å². The van der Waals surface area contributed by atoms with Crippen LogP contribution in [0.4, 0.5) is 0 Å². The molecule has 0 unspecified atom stereocenters.